The van der Waals surface area contributed by atoms with Crippen LogP contribution in [0, 0.1) is 0 Å². The summed E-state index contributed by atoms with van der Waals surface area (Å²) in [5, 5.41) is 3.43. The van der Waals surface area contributed by atoms with Gasteiger partial charge in [0.1, 0.15) is 0 Å². The maximum atomic E-state index is 12.8. The summed E-state index contributed by atoms with van der Waals surface area (Å²) in [5.74, 6) is -0.357. The average Bonchev–Trinajstić information content (AvgIpc) is 2.53. The molecule has 0 saturated carbocycles. The van der Waals surface area contributed by atoms with E-state index in [0.717, 1.165) is 30.7 Å². The molecule has 1 rings (SSSR count). The molecule has 24 heavy (non-hydrogen) atoms. The maximum absolute atomic E-state index is 12.8. The molecule has 0 saturated heterocycles. The number of anilines is 1. The van der Waals surface area contributed by atoms with Gasteiger partial charge in [-0.1, -0.05) is 66.6 Å². The second kappa shape index (κ2) is 11.5. The van der Waals surface area contributed by atoms with Crippen molar-refractivity contribution in [1.29, 1.82) is 0 Å². The number of carbonyl (C=O) groups excluding carboxylic acids is 1. The molecule has 0 fully saturated rings. The van der Waals surface area contributed by atoms with Crippen LogP contribution in [0.2, 0.25) is 0 Å². The minimum atomic E-state index is -4.46. The molecular weight excluding hydrogens is 383 g/mol. The summed E-state index contributed by atoms with van der Waals surface area (Å²) in [6.07, 6.45) is 4.56. The molecule has 0 heterocycles. The van der Waals surface area contributed by atoms with Crippen LogP contribution in [0.5, 0.6) is 0 Å². The molecule has 1 aromatic carbocycles. The number of carbonyl (C=O) groups is 1. The maximum Gasteiger partial charge on any atom is 0.418 e. The van der Waals surface area contributed by atoms with E-state index in [1.807, 2.05) is 0 Å². The van der Waals surface area contributed by atoms with Gasteiger partial charge in [-0.05, 0) is 25.0 Å². The number of para-hydroxylation sites is 1. The Balaban J connectivity index is 2.21. The number of amides is 1. The first kappa shape index (κ1) is 21.0. The number of rotatable bonds is 11. The van der Waals surface area contributed by atoms with E-state index in [1.165, 1.54) is 43.9 Å². The van der Waals surface area contributed by atoms with Crippen molar-refractivity contribution in [2.45, 2.75) is 64.0 Å². The minimum absolute atomic E-state index is 0.165. The number of benzene rings is 1. The number of hydrogen-bond acceptors (Lipinski definition) is 1. The smallest absolute Gasteiger partial charge is 0.326 e. The molecule has 0 aliphatic rings. The van der Waals surface area contributed by atoms with Crippen LogP contribution in [0.25, 0.3) is 0 Å². The number of hydrogen-bond donors (Lipinski definition) is 1. The van der Waals surface area contributed by atoms with Crippen LogP contribution in [-0.4, -0.2) is 11.2 Å². The molecular formula is C18H25BrF3NO. The largest absolute Gasteiger partial charge is 0.418 e. The monoisotopic (exact) mass is 407 g/mol. The molecule has 1 amide bonds. The van der Waals surface area contributed by atoms with E-state index >= 15 is 0 Å². The zero-order chi connectivity index (χ0) is 17.8. The lowest BCUT2D eigenvalue weighted by atomic mass is 10.1. The number of unbranched alkanes of at least 4 members (excludes halogenated alkanes) is 7. The Labute approximate surface area is 150 Å². The standard InChI is InChI=1S/C18H25BrF3NO/c19-14-10-6-4-2-1-3-5-7-13-17(24)23-16-12-9-8-11-15(16)18(20,21)22/h8-9,11-12H,1-7,10,13-14H2,(H,23,24). The third-order valence-electron chi connectivity index (χ3n) is 3.79. The van der Waals surface area contributed by atoms with Gasteiger partial charge < -0.3 is 5.32 Å². The lowest BCUT2D eigenvalue weighted by Gasteiger charge is -2.13. The first-order chi connectivity index (χ1) is 11.4. The van der Waals surface area contributed by atoms with E-state index in [4.69, 9.17) is 0 Å². The molecule has 2 nitrogen and oxygen atoms in total. The Morgan fingerprint density at radius 1 is 0.917 bits per heavy atom. The third kappa shape index (κ3) is 8.71. The van der Waals surface area contributed by atoms with Crippen LogP contribution in [0.15, 0.2) is 24.3 Å². The van der Waals surface area contributed by atoms with E-state index in [2.05, 4.69) is 21.2 Å². The van der Waals surface area contributed by atoms with Crippen molar-refractivity contribution in [2.24, 2.45) is 0 Å². The summed E-state index contributed by atoms with van der Waals surface area (Å²) in [5.41, 5.74) is -0.969. The molecule has 0 aliphatic carbocycles. The van der Waals surface area contributed by atoms with Gasteiger partial charge in [0.2, 0.25) is 5.91 Å². The van der Waals surface area contributed by atoms with Crippen LogP contribution >= 0.6 is 15.9 Å². The van der Waals surface area contributed by atoms with Crippen LogP contribution in [0.4, 0.5) is 18.9 Å². The van der Waals surface area contributed by atoms with Gasteiger partial charge in [-0.15, -0.1) is 0 Å². The molecule has 6 heteroatoms. The molecule has 0 unspecified atom stereocenters. The number of nitrogens with one attached hydrogen (secondary N) is 1. The molecule has 0 bridgehead atoms. The number of alkyl halides is 4. The van der Waals surface area contributed by atoms with Crippen molar-refractivity contribution in [3.63, 3.8) is 0 Å². The summed E-state index contributed by atoms with van der Waals surface area (Å²) < 4.78 is 38.5. The highest BCUT2D eigenvalue weighted by molar-refractivity contribution is 9.09. The fourth-order valence-electron chi connectivity index (χ4n) is 2.49. The zero-order valence-electron chi connectivity index (χ0n) is 13.8. The Kier molecular flexibility index (Phi) is 10.1. The predicted octanol–water partition coefficient (Wildman–Crippen LogP) is 6.55. The van der Waals surface area contributed by atoms with E-state index in [9.17, 15) is 18.0 Å². The van der Waals surface area contributed by atoms with Gasteiger partial charge >= 0.3 is 6.18 Å². The summed E-state index contributed by atoms with van der Waals surface area (Å²) in [6, 6.07) is 5.07. The van der Waals surface area contributed by atoms with Gasteiger partial charge in [0.15, 0.2) is 0 Å². The molecule has 136 valence electrons. The van der Waals surface area contributed by atoms with Gasteiger partial charge in [-0.2, -0.15) is 13.2 Å². The number of halogens is 4. The van der Waals surface area contributed by atoms with E-state index in [-0.39, 0.29) is 18.0 Å². The Bertz CT molecular complexity index is 491. The molecule has 0 aliphatic heterocycles. The van der Waals surface area contributed by atoms with Crippen LogP contribution in [-0.2, 0) is 11.0 Å². The molecule has 0 radical (unpaired) electrons. The van der Waals surface area contributed by atoms with Crippen LogP contribution in [0.3, 0.4) is 0 Å². The lowest BCUT2D eigenvalue weighted by molar-refractivity contribution is -0.137. The van der Waals surface area contributed by atoms with Crippen molar-refractivity contribution in [3.8, 4) is 0 Å². The summed E-state index contributed by atoms with van der Waals surface area (Å²) in [6.45, 7) is 0. The molecule has 1 aromatic rings. The van der Waals surface area contributed by atoms with Gasteiger partial charge in [-0.3, -0.25) is 4.79 Å². The minimum Gasteiger partial charge on any atom is -0.326 e. The first-order valence-corrected chi connectivity index (χ1v) is 9.59. The Hall–Kier alpha value is -1.04. The van der Waals surface area contributed by atoms with Crippen LogP contribution in [0.1, 0.15) is 63.4 Å². The lowest BCUT2D eigenvalue weighted by Crippen LogP contribution is -2.16. The van der Waals surface area contributed by atoms with E-state index in [1.54, 1.807) is 0 Å². The highest BCUT2D eigenvalue weighted by atomic mass is 79.9. The SMILES string of the molecule is O=C(CCCCCCCCCCBr)Nc1ccccc1C(F)(F)F. The fraction of sp³-hybridized carbons (Fsp3) is 0.611. The summed E-state index contributed by atoms with van der Waals surface area (Å²) >= 11 is 3.40. The van der Waals surface area contributed by atoms with Crippen molar-refractivity contribution < 1.29 is 18.0 Å². The molecule has 0 spiro atoms. The predicted molar refractivity (Wildman–Crippen MR) is 95.4 cm³/mol. The average molecular weight is 408 g/mol. The van der Waals surface area contributed by atoms with Crippen LogP contribution < -0.4 is 5.32 Å². The van der Waals surface area contributed by atoms with Gasteiger partial charge in [-0.25, -0.2) is 0 Å². The van der Waals surface area contributed by atoms with E-state index < -0.39 is 11.7 Å². The fourth-order valence-corrected chi connectivity index (χ4v) is 2.89. The molecule has 1 N–H and O–H groups in total. The second-order valence-electron chi connectivity index (χ2n) is 5.86. The topological polar surface area (TPSA) is 29.1 Å². The van der Waals surface area contributed by atoms with Crippen molar-refractivity contribution in [1.82, 2.24) is 0 Å². The quantitative estimate of drug-likeness (QED) is 0.327. The van der Waals surface area contributed by atoms with Crippen molar-refractivity contribution in [2.75, 3.05) is 10.6 Å². The summed E-state index contributed by atoms with van der Waals surface area (Å²) in [4.78, 5) is 11.8. The van der Waals surface area contributed by atoms with E-state index in [0.29, 0.717) is 6.42 Å². The third-order valence-corrected chi connectivity index (χ3v) is 4.35. The Morgan fingerprint density at radius 3 is 2.04 bits per heavy atom. The van der Waals surface area contributed by atoms with Gasteiger partial charge in [0.25, 0.3) is 0 Å². The Morgan fingerprint density at radius 2 is 1.46 bits per heavy atom. The molecule has 0 atom stereocenters. The highest BCUT2D eigenvalue weighted by Gasteiger charge is 2.33. The zero-order valence-corrected chi connectivity index (χ0v) is 15.4. The summed E-state index contributed by atoms with van der Waals surface area (Å²) in [7, 11) is 0. The first-order valence-electron chi connectivity index (χ1n) is 8.47. The van der Waals surface area contributed by atoms with Crippen molar-refractivity contribution >= 4 is 27.5 Å². The van der Waals surface area contributed by atoms with Gasteiger partial charge in [0.05, 0.1) is 11.3 Å². The highest BCUT2D eigenvalue weighted by Crippen LogP contribution is 2.34. The van der Waals surface area contributed by atoms with Gasteiger partial charge in [0, 0.05) is 11.8 Å². The molecule has 0 aromatic heterocycles. The normalized spacial score (nSPS) is 11.5. The van der Waals surface area contributed by atoms with Crippen molar-refractivity contribution in [3.05, 3.63) is 29.8 Å². The second-order valence-corrected chi connectivity index (χ2v) is 6.65.